The molecule has 0 amide bonds. The molecule has 3 aromatic carbocycles. The van der Waals surface area contributed by atoms with E-state index in [2.05, 4.69) is 6.07 Å². The molecule has 0 bridgehead atoms. The zero-order valence-electron chi connectivity index (χ0n) is 13.2. The molecule has 0 aromatic heterocycles. The van der Waals surface area contributed by atoms with Gasteiger partial charge in [0.25, 0.3) is 0 Å². The molecule has 2 nitrogen and oxygen atoms in total. The van der Waals surface area contributed by atoms with E-state index in [1.165, 1.54) is 0 Å². The van der Waals surface area contributed by atoms with Crippen LogP contribution in [0.25, 0.3) is 21.9 Å². The highest BCUT2D eigenvalue weighted by Gasteiger charge is 2.06. The maximum absolute atomic E-state index is 11.7. The average Bonchev–Trinajstić information content (AvgIpc) is 2.66. The van der Waals surface area contributed by atoms with Crippen LogP contribution in [-0.2, 0) is 0 Å². The molecule has 0 aliphatic heterocycles. The largest absolute Gasteiger partial charge is 0.295 e. The summed E-state index contributed by atoms with van der Waals surface area (Å²) >= 11 is 0. The highest BCUT2D eigenvalue weighted by atomic mass is 16.1. The van der Waals surface area contributed by atoms with E-state index in [1.807, 2.05) is 36.4 Å². The number of carbonyl (C=O) groups excluding carboxylic acids is 2. The number of fused-ring (bicyclic) bond motifs is 1. The van der Waals surface area contributed by atoms with Gasteiger partial charge in [-0.25, -0.2) is 0 Å². The lowest BCUT2D eigenvalue weighted by molar-refractivity contribution is 0.101. The van der Waals surface area contributed by atoms with Gasteiger partial charge in [0, 0.05) is 11.1 Å². The summed E-state index contributed by atoms with van der Waals surface area (Å²) < 4.78 is 0. The Labute approximate surface area is 143 Å². The van der Waals surface area contributed by atoms with Crippen molar-refractivity contribution in [3.05, 3.63) is 71.8 Å². The zero-order valence-corrected chi connectivity index (χ0v) is 13.2. The molecule has 0 fully saturated rings. The molecule has 0 spiro atoms. The molecule has 0 atom stereocenters. The van der Waals surface area contributed by atoms with Crippen LogP contribution in [0.1, 0.15) is 20.7 Å². The lowest BCUT2D eigenvalue weighted by Gasteiger charge is -2.07. The third-order valence-corrected chi connectivity index (χ3v) is 4.07. The van der Waals surface area contributed by atoms with E-state index in [1.54, 1.807) is 18.2 Å². The van der Waals surface area contributed by atoms with Gasteiger partial charge in [-0.1, -0.05) is 48.5 Å². The first kappa shape index (κ1) is 16.3. The lowest BCUT2D eigenvalue weighted by Crippen LogP contribution is -1.97. The SMILES string of the molecule is [B]CC(=O)c1ccc(-c2ccc3cc(C(=O)C[B])ccc3c2)cc1. The van der Waals surface area contributed by atoms with E-state index < -0.39 is 0 Å². The molecule has 0 aliphatic rings. The fraction of sp³-hybridized carbons (Fsp3) is 0.100. The minimum absolute atomic E-state index is 0.0114. The van der Waals surface area contributed by atoms with Crippen LogP contribution in [0.5, 0.6) is 0 Å². The smallest absolute Gasteiger partial charge is 0.154 e. The quantitative estimate of drug-likeness (QED) is 0.526. The molecule has 112 valence electrons. The van der Waals surface area contributed by atoms with Crippen LogP contribution in [0.2, 0.25) is 12.6 Å². The minimum Gasteiger partial charge on any atom is -0.295 e. The van der Waals surface area contributed by atoms with Crippen molar-refractivity contribution in [3.8, 4) is 11.1 Å². The summed E-state index contributed by atoms with van der Waals surface area (Å²) in [6.45, 7) is 0. The molecule has 0 aliphatic carbocycles. The van der Waals surface area contributed by atoms with Crippen molar-refractivity contribution in [3.63, 3.8) is 0 Å². The van der Waals surface area contributed by atoms with Gasteiger partial charge in [0.15, 0.2) is 11.6 Å². The van der Waals surface area contributed by atoms with Crippen LogP contribution < -0.4 is 0 Å². The summed E-state index contributed by atoms with van der Waals surface area (Å²) in [6, 6.07) is 19.0. The number of ketones is 2. The molecule has 4 radical (unpaired) electrons. The summed E-state index contributed by atoms with van der Waals surface area (Å²) in [6.07, 6.45) is 0.0244. The van der Waals surface area contributed by atoms with Crippen molar-refractivity contribution >= 4 is 38.0 Å². The maximum atomic E-state index is 11.7. The van der Waals surface area contributed by atoms with Crippen LogP contribution in [-0.4, -0.2) is 27.3 Å². The first-order chi connectivity index (χ1) is 11.6. The second kappa shape index (κ2) is 6.88. The predicted octanol–water partition coefficient (Wildman–Crippen LogP) is 4.05. The third-order valence-electron chi connectivity index (χ3n) is 4.07. The number of hydrogen-bond donors (Lipinski definition) is 0. The molecular formula is C20H14B2O2. The normalized spacial score (nSPS) is 10.7. The van der Waals surface area contributed by atoms with Gasteiger partial charge >= 0.3 is 0 Å². The number of rotatable bonds is 5. The molecule has 0 unspecified atom stereocenters. The molecule has 0 heterocycles. The molecule has 3 rings (SSSR count). The summed E-state index contributed by atoms with van der Waals surface area (Å²) in [5.74, 6) is -0.140. The third kappa shape index (κ3) is 3.18. The second-order valence-corrected chi connectivity index (χ2v) is 5.61. The second-order valence-electron chi connectivity index (χ2n) is 5.61. The molecule has 0 saturated heterocycles. The van der Waals surface area contributed by atoms with Gasteiger partial charge in [-0.3, -0.25) is 9.59 Å². The number of benzene rings is 3. The Morgan fingerprint density at radius 3 is 1.79 bits per heavy atom. The Morgan fingerprint density at radius 1 is 0.625 bits per heavy atom. The number of Topliss-reactive ketones (excluding diaryl/α,β-unsaturated/α-hetero) is 2. The van der Waals surface area contributed by atoms with E-state index in [9.17, 15) is 9.59 Å². The van der Waals surface area contributed by atoms with E-state index in [-0.39, 0.29) is 24.2 Å². The first-order valence-corrected chi connectivity index (χ1v) is 7.73. The van der Waals surface area contributed by atoms with Crippen LogP contribution in [0.3, 0.4) is 0 Å². The number of carbonyl (C=O) groups is 2. The topological polar surface area (TPSA) is 34.1 Å². The summed E-state index contributed by atoms with van der Waals surface area (Å²) in [4.78, 5) is 23.3. The van der Waals surface area contributed by atoms with Crippen molar-refractivity contribution in [2.45, 2.75) is 12.6 Å². The fourth-order valence-corrected chi connectivity index (χ4v) is 2.68. The van der Waals surface area contributed by atoms with E-state index in [4.69, 9.17) is 15.7 Å². The number of hydrogen-bond acceptors (Lipinski definition) is 2. The Balaban J connectivity index is 1.96. The summed E-state index contributed by atoms with van der Waals surface area (Å²) in [5, 5.41) is 2.04. The van der Waals surface area contributed by atoms with Crippen LogP contribution in [0, 0.1) is 0 Å². The van der Waals surface area contributed by atoms with Crippen molar-refractivity contribution < 1.29 is 9.59 Å². The maximum Gasteiger partial charge on any atom is 0.154 e. The zero-order chi connectivity index (χ0) is 17.1. The summed E-state index contributed by atoms with van der Waals surface area (Å²) in [7, 11) is 10.8. The highest BCUT2D eigenvalue weighted by Crippen LogP contribution is 2.26. The first-order valence-electron chi connectivity index (χ1n) is 7.73. The fourth-order valence-electron chi connectivity index (χ4n) is 2.68. The van der Waals surface area contributed by atoms with Crippen LogP contribution in [0.4, 0.5) is 0 Å². The van der Waals surface area contributed by atoms with E-state index in [0.29, 0.717) is 11.1 Å². The van der Waals surface area contributed by atoms with Gasteiger partial charge in [0.1, 0.15) is 0 Å². The molecule has 0 N–H and O–H groups in total. The molecule has 4 heteroatoms. The van der Waals surface area contributed by atoms with Gasteiger partial charge in [-0.15, -0.1) is 0 Å². The lowest BCUT2D eigenvalue weighted by atomic mass is 9.93. The molecule has 24 heavy (non-hydrogen) atoms. The Morgan fingerprint density at radius 2 is 1.12 bits per heavy atom. The molecular weight excluding hydrogens is 294 g/mol. The molecule has 0 saturated carbocycles. The minimum atomic E-state index is -0.0721. The predicted molar refractivity (Wildman–Crippen MR) is 99.2 cm³/mol. The summed E-state index contributed by atoms with van der Waals surface area (Å²) in [5.41, 5.74) is 3.31. The van der Waals surface area contributed by atoms with Gasteiger partial charge in [0.05, 0.1) is 15.7 Å². The van der Waals surface area contributed by atoms with Crippen LogP contribution in [0.15, 0.2) is 60.7 Å². The Kier molecular flexibility index (Phi) is 4.66. The van der Waals surface area contributed by atoms with Gasteiger partial charge < -0.3 is 0 Å². The van der Waals surface area contributed by atoms with Crippen LogP contribution >= 0.6 is 0 Å². The van der Waals surface area contributed by atoms with Crippen molar-refractivity contribution in [1.82, 2.24) is 0 Å². The van der Waals surface area contributed by atoms with Crippen molar-refractivity contribution in [1.29, 1.82) is 0 Å². The van der Waals surface area contributed by atoms with E-state index in [0.717, 1.165) is 21.9 Å². The Hall–Kier alpha value is -2.61. The van der Waals surface area contributed by atoms with Crippen molar-refractivity contribution in [2.75, 3.05) is 0 Å². The van der Waals surface area contributed by atoms with Crippen molar-refractivity contribution in [2.24, 2.45) is 0 Å². The standard InChI is InChI=1S/C20H14B2O2/c21-11-19(23)14-3-1-13(2-4-14)15-5-6-17-10-18(20(24)12-22)8-7-16(17)9-15/h1-10H,11-12H2. The Bertz CT molecular complexity index is 915. The highest BCUT2D eigenvalue weighted by molar-refractivity contribution is 6.24. The van der Waals surface area contributed by atoms with Gasteiger partial charge in [-0.05, 0) is 46.7 Å². The van der Waals surface area contributed by atoms with Gasteiger partial charge in [0.2, 0.25) is 0 Å². The average molecular weight is 308 g/mol. The molecule has 3 aromatic rings. The van der Waals surface area contributed by atoms with Gasteiger partial charge in [-0.2, -0.15) is 0 Å². The van der Waals surface area contributed by atoms with E-state index >= 15 is 0 Å². The monoisotopic (exact) mass is 308 g/mol.